The van der Waals surface area contributed by atoms with Crippen LogP contribution in [0.3, 0.4) is 0 Å². The first-order valence-corrected chi connectivity index (χ1v) is 7.53. The molecule has 2 aromatic carbocycles. The van der Waals surface area contributed by atoms with Gasteiger partial charge in [0.1, 0.15) is 12.4 Å². The number of para-hydroxylation sites is 2. The Bertz CT molecular complexity index is 621. The highest BCUT2D eigenvalue weighted by molar-refractivity contribution is 6.06. The van der Waals surface area contributed by atoms with Crippen molar-refractivity contribution in [2.75, 3.05) is 18.5 Å². The molecule has 1 N–H and O–H groups in total. The minimum Gasteiger partial charge on any atom is -0.490 e. The molecule has 1 atom stereocenters. The van der Waals surface area contributed by atoms with E-state index in [0.29, 0.717) is 17.9 Å². The summed E-state index contributed by atoms with van der Waals surface area (Å²) in [6, 6.07) is 16.7. The fourth-order valence-electron chi connectivity index (χ4n) is 2.46. The van der Waals surface area contributed by atoms with E-state index in [1.165, 1.54) is 0 Å². The minimum atomic E-state index is -0.172. The molecule has 1 fully saturated rings. The van der Waals surface area contributed by atoms with Gasteiger partial charge in [-0.15, -0.1) is 0 Å². The van der Waals surface area contributed by atoms with E-state index in [1.807, 2.05) is 48.5 Å². The van der Waals surface area contributed by atoms with Crippen LogP contribution in [0.25, 0.3) is 0 Å². The Morgan fingerprint density at radius 3 is 2.68 bits per heavy atom. The topological polar surface area (TPSA) is 47.6 Å². The first kappa shape index (κ1) is 14.6. The zero-order valence-corrected chi connectivity index (χ0v) is 12.3. The van der Waals surface area contributed by atoms with Crippen LogP contribution in [0.2, 0.25) is 0 Å². The first-order chi connectivity index (χ1) is 10.8. The smallest absolute Gasteiger partial charge is 0.259 e. The van der Waals surface area contributed by atoms with Gasteiger partial charge in [-0.05, 0) is 37.1 Å². The highest BCUT2D eigenvalue weighted by atomic mass is 16.5. The molecular formula is C18H19NO3. The van der Waals surface area contributed by atoms with Gasteiger partial charge in [-0.1, -0.05) is 30.3 Å². The summed E-state index contributed by atoms with van der Waals surface area (Å²) in [7, 11) is 0. The van der Waals surface area contributed by atoms with Gasteiger partial charge >= 0.3 is 0 Å². The Hall–Kier alpha value is -2.33. The summed E-state index contributed by atoms with van der Waals surface area (Å²) < 4.78 is 11.3. The van der Waals surface area contributed by atoms with Gasteiger partial charge in [0.15, 0.2) is 0 Å². The molecule has 22 heavy (non-hydrogen) atoms. The average Bonchev–Trinajstić information content (AvgIpc) is 3.07. The maximum absolute atomic E-state index is 12.4. The van der Waals surface area contributed by atoms with E-state index in [4.69, 9.17) is 9.47 Å². The number of carbonyl (C=O) groups excluding carboxylic acids is 1. The zero-order chi connectivity index (χ0) is 15.2. The van der Waals surface area contributed by atoms with E-state index in [1.54, 1.807) is 6.07 Å². The molecule has 1 amide bonds. The molecule has 0 radical (unpaired) electrons. The van der Waals surface area contributed by atoms with Crippen LogP contribution in [0.4, 0.5) is 5.69 Å². The molecule has 2 aromatic rings. The number of amides is 1. The number of anilines is 1. The zero-order valence-electron chi connectivity index (χ0n) is 12.3. The third-order valence-corrected chi connectivity index (χ3v) is 3.61. The molecule has 4 nitrogen and oxygen atoms in total. The standard InChI is InChI=1S/C18H19NO3/c20-18(19-14-7-2-1-3-8-14)16-10-4-5-11-17(16)22-13-15-9-6-12-21-15/h1-5,7-8,10-11,15H,6,9,12-13H2,(H,19,20)/t15-/m1/s1. The number of nitrogens with one attached hydrogen (secondary N) is 1. The second-order valence-electron chi connectivity index (χ2n) is 5.26. The molecule has 0 aromatic heterocycles. The van der Waals surface area contributed by atoms with Crippen molar-refractivity contribution in [3.05, 3.63) is 60.2 Å². The molecule has 3 rings (SSSR count). The summed E-state index contributed by atoms with van der Waals surface area (Å²) in [5, 5.41) is 2.88. The van der Waals surface area contributed by atoms with Crippen molar-refractivity contribution < 1.29 is 14.3 Å². The molecule has 4 heteroatoms. The van der Waals surface area contributed by atoms with Crippen molar-refractivity contribution in [3.63, 3.8) is 0 Å². The van der Waals surface area contributed by atoms with Gasteiger partial charge in [0, 0.05) is 12.3 Å². The van der Waals surface area contributed by atoms with Crippen molar-refractivity contribution in [1.82, 2.24) is 0 Å². The van der Waals surface area contributed by atoms with Crippen molar-refractivity contribution in [3.8, 4) is 5.75 Å². The van der Waals surface area contributed by atoms with Crippen LogP contribution >= 0.6 is 0 Å². The quantitative estimate of drug-likeness (QED) is 0.919. The molecule has 0 saturated carbocycles. The third kappa shape index (κ3) is 3.65. The van der Waals surface area contributed by atoms with Gasteiger partial charge in [0.05, 0.1) is 11.7 Å². The number of ether oxygens (including phenoxy) is 2. The summed E-state index contributed by atoms with van der Waals surface area (Å²) >= 11 is 0. The third-order valence-electron chi connectivity index (χ3n) is 3.61. The predicted molar refractivity (Wildman–Crippen MR) is 85.3 cm³/mol. The van der Waals surface area contributed by atoms with E-state index in [2.05, 4.69) is 5.32 Å². The predicted octanol–water partition coefficient (Wildman–Crippen LogP) is 3.50. The maximum Gasteiger partial charge on any atom is 0.259 e. The number of hydrogen-bond donors (Lipinski definition) is 1. The highest BCUT2D eigenvalue weighted by Crippen LogP contribution is 2.21. The van der Waals surface area contributed by atoms with E-state index >= 15 is 0 Å². The molecule has 114 valence electrons. The number of benzene rings is 2. The van der Waals surface area contributed by atoms with E-state index < -0.39 is 0 Å². The number of hydrogen-bond acceptors (Lipinski definition) is 3. The van der Waals surface area contributed by atoms with Gasteiger partial charge < -0.3 is 14.8 Å². The number of rotatable bonds is 5. The van der Waals surface area contributed by atoms with Crippen LogP contribution in [-0.2, 0) is 4.74 Å². The monoisotopic (exact) mass is 297 g/mol. The van der Waals surface area contributed by atoms with E-state index in [9.17, 15) is 4.79 Å². The molecule has 0 spiro atoms. The molecule has 0 aliphatic carbocycles. The van der Waals surface area contributed by atoms with E-state index in [-0.39, 0.29) is 12.0 Å². The second kappa shape index (κ2) is 7.09. The summed E-state index contributed by atoms with van der Waals surface area (Å²) in [4.78, 5) is 12.4. The normalized spacial score (nSPS) is 17.2. The minimum absolute atomic E-state index is 0.130. The van der Waals surface area contributed by atoms with Crippen LogP contribution in [-0.4, -0.2) is 25.2 Å². The molecule has 1 aliphatic rings. The van der Waals surface area contributed by atoms with Crippen molar-refractivity contribution in [2.24, 2.45) is 0 Å². The SMILES string of the molecule is O=C(Nc1ccccc1)c1ccccc1OC[C@H]1CCCO1. The van der Waals surface area contributed by atoms with Crippen LogP contribution in [0.5, 0.6) is 5.75 Å². The van der Waals surface area contributed by atoms with Crippen LogP contribution in [0.1, 0.15) is 23.2 Å². The van der Waals surface area contributed by atoms with E-state index in [0.717, 1.165) is 25.1 Å². The second-order valence-corrected chi connectivity index (χ2v) is 5.26. The lowest BCUT2D eigenvalue weighted by molar-refractivity contribution is 0.0673. The van der Waals surface area contributed by atoms with Crippen LogP contribution < -0.4 is 10.1 Å². The Balaban J connectivity index is 1.68. The van der Waals surface area contributed by atoms with Gasteiger partial charge in [-0.3, -0.25) is 4.79 Å². The summed E-state index contributed by atoms with van der Waals surface area (Å²) in [6.07, 6.45) is 2.22. The largest absolute Gasteiger partial charge is 0.490 e. The van der Waals surface area contributed by atoms with Gasteiger partial charge in [-0.2, -0.15) is 0 Å². The fourth-order valence-corrected chi connectivity index (χ4v) is 2.46. The molecule has 1 aliphatic heterocycles. The molecular weight excluding hydrogens is 278 g/mol. The average molecular weight is 297 g/mol. The lowest BCUT2D eigenvalue weighted by Gasteiger charge is -2.14. The van der Waals surface area contributed by atoms with Gasteiger partial charge in [-0.25, -0.2) is 0 Å². The van der Waals surface area contributed by atoms with Crippen LogP contribution in [0.15, 0.2) is 54.6 Å². The summed E-state index contributed by atoms with van der Waals surface area (Å²) in [5.41, 5.74) is 1.30. The highest BCUT2D eigenvalue weighted by Gasteiger charge is 2.18. The maximum atomic E-state index is 12.4. The fraction of sp³-hybridized carbons (Fsp3) is 0.278. The molecule has 1 heterocycles. The Morgan fingerprint density at radius 2 is 1.91 bits per heavy atom. The molecule has 0 bridgehead atoms. The van der Waals surface area contributed by atoms with Crippen molar-refractivity contribution in [2.45, 2.75) is 18.9 Å². The first-order valence-electron chi connectivity index (χ1n) is 7.53. The Morgan fingerprint density at radius 1 is 1.14 bits per heavy atom. The lowest BCUT2D eigenvalue weighted by atomic mass is 10.1. The van der Waals surface area contributed by atoms with Gasteiger partial charge in [0.25, 0.3) is 5.91 Å². The Kier molecular flexibility index (Phi) is 4.71. The number of carbonyl (C=O) groups is 1. The molecule has 0 unspecified atom stereocenters. The summed E-state index contributed by atoms with van der Waals surface area (Å²) in [5.74, 6) is 0.417. The Labute approximate surface area is 130 Å². The van der Waals surface area contributed by atoms with Crippen molar-refractivity contribution in [1.29, 1.82) is 0 Å². The van der Waals surface area contributed by atoms with Crippen molar-refractivity contribution >= 4 is 11.6 Å². The summed E-state index contributed by atoms with van der Waals surface area (Å²) in [6.45, 7) is 1.28. The van der Waals surface area contributed by atoms with Gasteiger partial charge in [0.2, 0.25) is 0 Å². The van der Waals surface area contributed by atoms with Crippen LogP contribution in [0, 0.1) is 0 Å². The molecule has 1 saturated heterocycles. The lowest BCUT2D eigenvalue weighted by Crippen LogP contribution is -2.19.